The number of carboxylic acids is 2. The molecule has 1 aliphatic rings. The van der Waals surface area contributed by atoms with Gasteiger partial charge in [-0.15, -0.1) is 0 Å². The van der Waals surface area contributed by atoms with Crippen molar-refractivity contribution in [2.24, 2.45) is 0 Å². The zero-order valence-electron chi connectivity index (χ0n) is 15.3. The van der Waals surface area contributed by atoms with Crippen molar-refractivity contribution in [1.82, 2.24) is 5.32 Å². The molecule has 3 N–H and O–H groups in total. The van der Waals surface area contributed by atoms with E-state index in [0.717, 1.165) is 11.1 Å². The molecular weight excluding hydrogens is 385 g/mol. The Labute approximate surface area is 204 Å². The van der Waals surface area contributed by atoms with Crippen LogP contribution >= 0.6 is 0 Å². The second kappa shape index (κ2) is 10.1. The van der Waals surface area contributed by atoms with E-state index in [4.69, 9.17) is 10.2 Å². The SMILES string of the molecule is O=C1/C(=C/c2ccc(C(=O)O)cc2)CNC/C1=C\c1ccc(C(=O)O)cc1.[K+]. The van der Waals surface area contributed by atoms with Crippen LogP contribution < -0.4 is 56.7 Å². The number of hydrogen-bond donors (Lipinski definition) is 3. The number of piperidine rings is 1. The number of benzene rings is 2. The Morgan fingerprint density at radius 1 is 0.750 bits per heavy atom. The summed E-state index contributed by atoms with van der Waals surface area (Å²) in [4.78, 5) is 34.5. The van der Waals surface area contributed by atoms with Gasteiger partial charge in [0.1, 0.15) is 0 Å². The van der Waals surface area contributed by atoms with E-state index in [0.29, 0.717) is 24.2 Å². The number of carbonyl (C=O) groups is 3. The quantitative estimate of drug-likeness (QED) is 0.480. The minimum Gasteiger partial charge on any atom is -0.478 e. The van der Waals surface area contributed by atoms with Crippen LogP contribution in [0.2, 0.25) is 0 Å². The van der Waals surface area contributed by atoms with Crippen LogP contribution in [0.1, 0.15) is 31.8 Å². The molecule has 0 aromatic heterocycles. The summed E-state index contributed by atoms with van der Waals surface area (Å²) in [6, 6.07) is 12.6. The molecule has 2 aromatic carbocycles. The number of rotatable bonds is 4. The number of nitrogens with one attached hydrogen (secondary N) is 1. The molecule has 6 nitrogen and oxygen atoms in total. The van der Waals surface area contributed by atoms with Crippen molar-refractivity contribution in [3.8, 4) is 0 Å². The fourth-order valence-corrected chi connectivity index (χ4v) is 2.78. The minimum atomic E-state index is -0.997. The van der Waals surface area contributed by atoms with E-state index in [9.17, 15) is 14.4 Å². The van der Waals surface area contributed by atoms with E-state index < -0.39 is 11.9 Å². The van der Waals surface area contributed by atoms with E-state index in [1.165, 1.54) is 24.3 Å². The van der Waals surface area contributed by atoms with Gasteiger partial charge in [-0.05, 0) is 47.5 Å². The van der Waals surface area contributed by atoms with Gasteiger partial charge in [0.2, 0.25) is 0 Å². The first-order valence-electron chi connectivity index (χ1n) is 8.27. The number of aromatic carboxylic acids is 2. The Bertz CT molecular complexity index is 882. The van der Waals surface area contributed by atoms with E-state index in [2.05, 4.69) is 5.32 Å². The summed E-state index contributed by atoms with van der Waals surface area (Å²) in [6.07, 6.45) is 3.48. The van der Waals surface area contributed by atoms with Crippen molar-refractivity contribution in [2.75, 3.05) is 13.1 Å². The third-order valence-corrected chi connectivity index (χ3v) is 4.21. The predicted octanol–water partition coefficient (Wildman–Crippen LogP) is -0.274. The molecule has 0 aliphatic carbocycles. The molecule has 3 rings (SSSR count). The van der Waals surface area contributed by atoms with Crippen LogP contribution in [0.25, 0.3) is 12.2 Å². The monoisotopic (exact) mass is 402 g/mol. The first kappa shape index (κ1) is 22.4. The molecule has 0 amide bonds. The van der Waals surface area contributed by atoms with Crippen molar-refractivity contribution >= 4 is 29.9 Å². The maximum atomic E-state index is 12.7. The molecule has 136 valence electrons. The molecule has 1 heterocycles. The third-order valence-electron chi connectivity index (χ3n) is 4.21. The Morgan fingerprint density at radius 3 is 1.43 bits per heavy atom. The van der Waals surface area contributed by atoms with Gasteiger partial charge in [0, 0.05) is 24.2 Å². The normalized spacial score (nSPS) is 16.6. The fraction of sp³-hybridized carbons (Fsp3) is 0.0952. The summed E-state index contributed by atoms with van der Waals surface area (Å²) < 4.78 is 0. The number of carbonyl (C=O) groups excluding carboxylic acids is 1. The molecule has 1 fully saturated rings. The average Bonchev–Trinajstić information content (AvgIpc) is 2.66. The van der Waals surface area contributed by atoms with Crippen molar-refractivity contribution in [3.05, 3.63) is 81.9 Å². The van der Waals surface area contributed by atoms with Crippen LogP contribution in [-0.2, 0) is 4.79 Å². The van der Waals surface area contributed by atoms with Crippen LogP contribution in [0, 0.1) is 0 Å². The summed E-state index contributed by atoms with van der Waals surface area (Å²) in [7, 11) is 0. The molecule has 1 aliphatic heterocycles. The average molecular weight is 402 g/mol. The van der Waals surface area contributed by atoms with Crippen molar-refractivity contribution in [2.45, 2.75) is 0 Å². The van der Waals surface area contributed by atoms with E-state index in [-0.39, 0.29) is 68.3 Å². The van der Waals surface area contributed by atoms with Gasteiger partial charge in [-0.1, -0.05) is 24.3 Å². The molecule has 0 saturated carbocycles. The summed E-state index contributed by atoms with van der Waals surface area (Å²) in [5.74, 6) is -2.08. The summed E-state index contributed by atoms with van der Waals surface area (Å²) in [6.45, 7) is 0.851. The summed E-state index contributed by atoms with van der Waals surface area (Å²) in [5, 5.41) is 21.1. The summed E-state index contributed by atoms with van der Waals surface area (Å²) in [5.41, 5.74) is 3.04. The molecule has 0 unspecified atom stereocenters. The first-order chi connectivity index (χ1) is 12.9. The Morgan fingerprint density at radius 2 is 1.11 bits per heavy atom. The molecule has 7 heteroatoms. The van der Waals surface area contributed by atoms with Crippen LogP contribution in [-0.4, -0.2) is 41.0 Å². The predicted molar refractivity (Wildman–Crippen MR) is 101 cm³/mol. The first-order valence-corrected chi connectivity index (χ1v) is 8.27. The molecule has 0 spiro atoms. The molecule has 2 aromatic rings. The second-order valence-electron chi connectivity index (χ2n) is 6.13. The van der Waals surface area contributed by atoms with Gasteiger partial charge >= 0.3 is 63.3 Å². The standard InChI is InChI=1S/C21H17NO5.K/c23-19-17(9-13-1-5-15(6-2-13)20(24)25)11-22-12-18(19)10-14-3-7-16(8-4-14)21(26)27;/h1-10,22H,11-12H2,(H,24,25)(H,26,27);/q;+1/b17-9+,18-10+;. The van der Waals surface area contributed by atoms with Crippen molar-refractivity contribution in [3.63, 3.8) is 0 Å². The fourth-order valence-electron chi connectivity index (χ4n) is 2.78. The van der Waals surface area contributed by atoms with Crippen LogP contribution in [0.4, 0.5) is 0 Å². The summed E-state index contributed by atoms with van der Waals surface area (Å²) >= 11 is 0. The zero-order chi connectivity index (χ0) is 19.4. The topological polar surface area (TPSA) is 104 Å². The van der Waals surface area contributed by atoms with Gasteiger partial charge in [0.25, 0.3) is 0 Å². The minimum absolute atomic E-state index is 0. The van der Waals surface area contributed by atoms with Gasteiger partial charge in [-0.3, -0.25) is 4.79 Å². The molecular formula is C21H17KNO5+. The third kappa shape index (κ3) is 5.57. The largest absolute Gasteiger partial charge is 1.00 e. The molecule has 0 bridgehead atoms. The van der Waals surface area contributed by atoms with Crippen molar-refractivity contribution in [1.29, 1.82) is 0 Å². The maximum Gasteiger partial charge on any atom is 1.00 e. The molecule has 0 radical (unpaired) electrons. The van der Waals surface area contributed by atoms with Gasteiger partial charge in [-0.25, -0.2) is 9.59 Å². The number of carboxylic acid groups (broad SMARTS) is 2. The van der Waals surface area contributed by atoms with Crippen LogP contribution in [0.15, 0.2) is 59.7 Å². The Hall–Kier alpha value is -1.87. The molecule has 1 saturated heterocycles. The van der Waals surface area contributed by atoms with Gasteiger partial charge < -0.3 is 15.5 Å². The second-order valence-corrected chi connectivity index (χ2v) is 6.13. The van der Waals surface area contributed by atoms with Crippen LogP contribution in [0.3, 0.4) is 0 Å². The molecule has 0 atom stereocenters. The maximum absolute atomic E-state index is 12.7. The number of ketones is 1. The van der Waals surface area contributed by atoms with E-state index in [1.54, 1.807) is 36.4 Å². The van der Waals surface area contributed by atoms with Gasteiger partial charge in [0.15, 0.2) is 5.78 Å². The zero-order valence-corrected chi connectivity index (χ0v) is 18.4. The van der Waals surface area contributed by atoms with Gasteiger partial charge in [0.05, 0.1) is 11.1 Å². The number of Topliss-reactive ketones (excluding diaryl/α,β-unsaturated/α-hetero) is 1. The molecule has 28 heavy (non-hydrogen) atoms. The van der Waals surface area contributed by atoms with Crippen LogP contribution in [0.5, 0.6) is 0 Å². The van der Waals surface area contributed by atoms with E-state index in [1.807, 2.05) is 0 Å². The smallest absolute Gasteiger partial charge is 0.478 e. The number of hydrogen-bond acceptors (Lipinski definition) is 4. The van der Waals surface area contributed by atoms with Gasteiger partial charge in [-0.2, -0.15) is 0 Å². The Balaban J connectivity index is 0.00000280. The Kier molecular flexibility index (Phi) is 8.05. The van der Waals surface area contributed by atoms with E-state index >= 15 is 0 Å². The van der Waals surface area contributed by atoms with Crippen molar-refractivity contribution < 1.29 is 76.0 Å².